The topological polar surface area (TPSA) is 85.3 Å². The maximum Gasteiger partial charge on any atom is 0.338 e. The molecule has 0 aromatic heterocycles. The largest absolute Gasteiger partial charge is 0.497 e. The molecular formula is C19H27NO6. The molecule has 7 nitrogen and oxygen atoms in total. The first kappa shape index (κ1) is 20.2. The minimum Gasteiger partial charge on any atom is -0.497 e. The smallest absolute Gasteiger partial charge is 0.338 e. The van der Waals surface area contributed by atoms with Crippen LogP contribution in [0.2, 0.25) is 0 Å². The predicted molar refractivity (Wildman–Crippen MR) is 94.6 cm³/mol. The fourth-order valence-corrected chi connectivity index (χ4v) is 2.72. The van der Waals surface area contributed by atoms with Gasteiger partial charge in [-0.15, -0.1) is 0 Å². The van der Waals surface area contributed by atoms with E-state index in [0.29, 0.717) is 13.1 Å². The summed E-state index contributed by atoms with van der Waals surface area (Å²) in [6.07, 6.45) is -3.25. The number of aliphatic hydroxyl groups excluding tert-OH is 1. The van der Waals surface area contributed by atoms with E-state index in [9.17, 15) is 14.7 Å². The van der Waals surface area contributed by atoms with Gasteiger partial charge in [-0.3, -0.25) is 4.79 Å². The minimum absolute atomic E-state index is 0.312. The van der Waals surface area contributed by atoms with Crippen molar-refractivity contribution in [3.05, 3.63) is 29.8 Å². The Morgan fingerprint density at radius 3 is 2.50 bits per heavy atom. The lowest BCUT2D eigenvalue weighted by Gasteiger charge is -2.37. The van der Waals surface area contributed by atoms with Gasteiger partial charge in [0.05, 0.1) is 13.2 Å². The summed E-state index contributed by atoms with van der Waals surface area (Å²) in [5.41, 5.74) is 0.156. The van der Waals surface area contributed by atoms with E-state index >= 15 is 0 Å². The molecule has 1 aromatic carbocycles. The molecule has 2 rings (SSSR count). The second-order valence-corrected chi connectivity index (χ2v) is 7.41. The van der Waals surface area contributed by atoms with Crippen molar-refractivity contribution in [3.63, 3.8) is 0 Å². The molecule has 3 atom stereocenters. The van der Waals surface area contributed by atoms with Crippen molar-refractivity contribution in [2.24, 2.45) is 0 Å². The number of hydrogen-bond donors (Lipinski definition) is 1. The molecule has 1 saturated heterocycles. The van der Waals surface area contributed by atoms with Crippen LogP contribution in [0.25, 0.3) is 0 Å². The van der Waals surface area contributed by atoms with Gasteiger partial charge in [-0.25, -0.2) is 4.79 Å². The van der Waals surface area contributed by atoms with Crippen LogP contribution in [0.15, 0.2) is 24.3 Å². The summed E-state index contributed by atoms with van der Waals surface area (Å²) in [4.78, 5) is 26.4. The van der Waals surface area contributed by atoms with Gasteiger partial charge < -0.3 is 24.2 Å². The SMILES string of the molecule is COc1ccc(CN2C[C@H](C)O[C@H](C(O)C(=O)OC(C)(C)C)C2=O)cc1. The minimum atomic E-state index is -1.66. The van der Waals surface area contributed by atoms with Crippen LogP contribution < -0.4 is 4.74 Å². The van der Waals surface area contributed by atoms with Gasteiger partial charge in [0.2, 0.25) is 0 Å². The molecule has 1 aliphatic heterocycles. The lowest BCUT2D eigenvalue weighted by molar-refractivity contribution is -0.191. The Hall–Kier alpha value is -2.12. The number of morpholine rings is 1. The van der Waals surface area contributed by atoms with E-state index in [0.717, 1.165) is 11.3 Å². The number of rotatable bonds is 5. The first-order valence-electron chi connectivity index (χ1n) is 8.59. The van der Waals surface area contributed by atoms with Crippen molar-refractivity contribution < 1.29 is 28.9 Å². The predicted octanol–water partition coefficient (Wildman–Crippen LogP) is 1.51. The zero-order valence-corrected chi connectivity index (χ0v) is 15.9. The molecular weight excluding hydrogens is 338 g/mol. The molecule has 1 aromatic rings. The number of nitrogens with zero attached hydrogens (tertiary/aromatic N) is 1. The fraction of sp³-hybridized carbons (Fsp3) is 0.579. The van der Waals surface area contributed by atoms with Crippen LogP contribution in [-0.4, -0.2) is 59.5 Å². The van der Waals surface area contributed by atoms with Gasteiger partial charge in [0.1, 0.15) is 11.4 Å². The average Bonchev–Trinajstić information content (AvgIpc) is 2.56. The molecule has 1 N–H and O–H groups in total. The Bertz CT molecular complexity index is 636. The van der Waals surface area contributed by atoms with E-state index in [4.69, 9.17) is 14.2 Å². The average molecular weight is 365 g/mol. The van der Waals surface area contributed by atoms with E-state index in [1.807, 2.05) is 24.3 Å². The number of carbonyl (C=O) groups is 2. The molecule has 0 spiro atoms. The summed E-state index contributed by atoms with van der Waals surface area (Å²) >= 11 is 0. The van der Waals surface area contributed by atoms with Gasteiger partial charge in [0.15, 0.2) is 12.2 Å². The molecule has 1 heterocycles. The molecule has 1 unspecified atom stereocenters. The van der Waals surface area contributed by atoms with E-state index in [2.05, 4.69) is 0 Å². The molecule has 0 radical (unpaired) electrons. The number of hydrogen-bond acceptors (Lipinski definition) is 6. The third-order valence-corrected chi connectivity index (χ3v) is 3.88. The molecule has 1 fully saturated rings. The van der Waals surface area contributed by atoms with Crippen LogP contribution in [0.4, 0.5) is 0 Å². The molecule has 26 heavy (non-hydrogen) atoms. The highest BCUT2D eigenvalue weighted by atomic mass is 16.6. The van der Waals surface area contributed by atoms with E-state index < -0.39 is 29.7 Å². The monoisotopic (exact) mass is 365 g/mol. The molecule has 1 aliphatic rings. The number of carbonyl (C=O) groups excluding carboxylic acids is 2. The van der Waals surface area contributed by atoms with E-state index in [1.165, 1.54) is 0 Å². The summed E-state index contributed by atoms with van der Waals surface area (Å²) in [7, 11) is 1.59. The maximum absolute atomic E-state index is 12.7. The van der Waals surface area contributed by atoms with Gasteiger partial charge in [-0.1, -0.05) is 12.1 Å². The second-order valence-electron chi connectivity index (χ2n) is 7.41. The summed E-state index contributed by atoms with van der Waals surface area (Å²) in [6, 6.07) is 7.37. The quantitative estimate of drug-likeness (QED) is 0.796. The van der Waals surface area contributed by atoms with Gasteiger partial charge in [-0.2, -0.15) is 0 Å². The number of esters is 1. The zero-order valence-electron chi connectivity index (χ0n) is 15.9. The second kappa shape index (κ2) is 8.05. The van der Waals surface area contributed by atoms with Gasteiger partial charge >= 0.3 is 5.97 Å². The third-order valence-electron chi connectivity index (χ3n) is 3.88. The van der Waals surface area contributed by atoms with Crippen LogP contribution in [-0.2, 0) is 25.6 Å². The zero-order chi connectivity index (χ0) is 19.5. The van der Waals surface area contributed by atoms with Crippen molar-refractivity contribution in [2.45, 2.75) is 58.2 Å². The lowest BCUT2D eigenvalue weighted by Crippen LogP contribution is -2.57. The summed E-state index contributed by atoms with van der Waals surface area (Å²) in [6.45, 7) is 7.61. The molecule has 0 saturated carbocycles. The van der Waals surface area contributed by atoms with Gasteiger partial charge in [-0.05, 0) is 45.4 Å². The highest BCUT2D eigenvalue weighted by Gasteiger charge is 2.42. The first-order valence-corrected chi connectivity index (χ1v) is 8.59. The summed E-state index contributed by atoms with van der Waals surface area (Å²) in [5, 5.41) is 10.3. The van der Waals surface area contributed by atoms with Crippen molar-refractivity contribution in [1.29, 1.82) is 0 Å². The Balaban J connectivity index is 2.09. The highest BCUT2D eigenvalue weighted by Crippen LogP contribution is 2.21. The molecule has 7 heteroatoms. The Morgan fingerprint density at radius 1 is 1.35 bits per heavy atom. The Kier molecular flexibility index (Phi) is 6.26. The molecule has 0 bridgehead atoms. The van der Waals surface area contributed by atoms with Crippen LogP contribution >= 0.6 is 0 Å². The first-order chi connectivity index (χ1) is 12.1. The Labute approximate surface area is 153 Å². The Morgan fingerprint density at radius 2 is 1.96 bits per heavy atom. The van der Waals surface area contributed by atoms with Gasteiger partial charge in [0.25, 0.3) is 5.91 Å². The molecule has 144 valence electrons. The van der Waals surface area contributed by atoms with Crippen LogP contribution in [0.5, 0.6) is 5.75 Å². The number of benzene rings is 1. The van der Waals surface area contributed by atoms with Crippen molar-refractivity contribution in [2.75, 3.05) is 13.7 Å². The normalized spacial score (nSPS) is 22.1. The van der Waals surface area contributed by atoms with Crippen molar-refractivity contribution >= 4 is 11.9 Å². The van der Waals surface area contributed by atoms with E-state index in [-0.39, 0.29) is 6.10 Å². The number of methoxy groups -OCH3 is 1. The molecule has 1 amide bonds. The third kappa shape index (κ3) is 5.19. The summed E-state index contributed by atoms with van der Waals surface area (Å²) in [5.74, 6) is -0.569. The van der Waals surface area contributed by atoms with E-state index in [1.54, 1.807) is 39.7 Å². The summed E-state index contributed by atoms with van der Waals surface area (Å²) < 4.78 is 15.8. The van der Waals surface area contributed by atoms with Crippen molar-refractivity contribution in [3.8, 4) is 5.75 Å². The molecule has 0 aliphatic carbocycles. The van der Waals surface area contributed by atoms with Crippen LogP contribution in [0.3, 0.4) is 0 Å². The highest BCUT2D eigenvalue weighted by molar-refractivity contribution is 5.89. The van der Waals surface area contributed by atoms with Crippen LogP contribution in [0, 0.1) is 0 Å². The number of amides is 1. The number of aliphatic hydroxyl groups is 1. The lowest BCUT2D eigenvalue weighted by atomic mass is 10.1. The van der Waals surface area contributed by atoms with Crippen LogP contribution in [0.1, 0.15) is 33.3 Å². The fourth-order valence-electron chi connectivity index (χ4n) is 2.72. The number of ether oxygens (including phenoxy) is 3. The van der Waals surface area contributed by atoms with Crippen molar-refractivity contribution in [1.82, 2.24) is 4.90 Å². The van der Waals surface area contributed by atoms with Gasteiger partial charge in [0, 0.05) is 13.1 Å². The maximum atomic E-state index is 12.7. The standard InChI is InChI=1S/C19H27NO6/c1-12-10-20(11-13-6-8-14(24-5)9-7-13)17(22)16(25-12)15(21)18(23)26-19(2,3)4/h6-9,12,15-16,21H,10-11H2,1-5H3/t12-,15?,16+/m0/s1.